The zero-order valence-corrected chi connectivity index (χ0v) is 17.3. The van der Waals surface area contributed by atoms with Crippen LogP contribution >= 0.6 is 0 Å². The summed E-state index contributed by atoms with van der Waals surface area (Å²) in [4.78, 5) is 9.61. The average molecular weight is 367 g/mol. The lowest BCUT2D eigenvalue weighted by Gasteiger charge is -2.36. The van der Waals surface area contributed by atoms with E-state index in [4.69, 9.17) is 9.97 Å². The van der Waals surface area contributed by atoms with Crippen molar-refractivity contribution in [2.45, 2.75) is 46.5 Å². The standard InChI is InChI=1S/C26H26N2/c1-25(2,3)15-16-13-18-10-12-28-24-19-9-8-17-7-6-11-27-23(17)22(19)26(4,5)20(14-16)21(18)24/h6-14H,15H2,1-5H3. The maximum atomic E-state index is 4.83. The Labute approximate surface area is 166 Å². The lowest BCUT2D eigenvalue weighted by atomic mass is 9.68. The Morgan fingerprint density at radius 3 is 2.50 bits per heavy atom. The summed E-state index contributed by atoms with van der Waals surface area (Å²) >= 11 is 0. The highest BCUT2D eigenvalue weighted by Crippen LogP contribution is 2.50. The van der Waals surface area contributed by atoms with Crippen molar-refractivity contribution in [3.8, 4) is 11.3 Å². The zero-order chi connectivity index (χ0) is 19.7. The molecule has 140 valence electrons. The highest BCUT2D eigenvalue weighted by atomic mass is 14.7. The third kappa shape index (κ3) is 2.47. The summed E-state index contributed by atoms with van der Waals surface area (Å²) in [5.41, 5.74) is 7.60. The first-order chi connectivity index (χ1) is 13.3. The van der Waals surface area contributed by atoms with Crippen molar-refractivity contribution >= 4 is 21.7 Å². The van der Waals surface area contributed by atoms with E-state index in [2.05, 4.69) is 71.0 Å². The van der Waals surface area contributed by atoms with E-state index in [0.29, 0.717) is 0 Å². The molecule has 2 aromatic heterocycles. The van der Waals surface area contributed by atoms with E-state index < -0.39 is 0 Å². The van der Waals surface area contributed by atoms with Crippen LogP contribution in [0.3, 0.4) is 0 Å². The molecule has 0 fully saturated rings. The molecule has 2 nitrogen and oxygen atoms in total. The second kappa shape index (κ2) is 5.64. The molecule has 4 aromatic rings. The van der Waals surface area contributed by atoms with E-state index in [1.54, 1.807) is 0 Å². The van der Waals surface area contributed by atoms with Crippen LogP contribution in [-0.4, -0.2) is 9.97 Å². The average Bonchev–Trinajstić information content (AvgIpc) is 2.63. The molecule has 5 rings (SSSR count). The Morgan fingerprint density at radius 2 is 1.71 bits per heavy atom. The molecule has 0 unspecified atom stereocenters. The summed E-state index contributed by atoms with van der Waals surface area (Å²) < 4.78 is 0. The van der Waals surface area contributed by atoms with Crippen LogP contribution in [-0.2, 0) is 11.8 Å². The SMILES string of the molecule is CC(C)(C)Cc1cc2c3c(nccc3c1)-c1ccc3cccnc3c1C2(C)C. The van der Waals surface area contributed by atoms with Crippen LogP contribution in [0.5, 0.6) is 0 Å². The molecule has 2 heteroatoms. The molecule has 1 aliphatic rings. The minimum absolute atomic E-state index is 0.134. The predicted octanol–water partition coefficient (Wildman–Crippen LogP) is 6.68. The molecule has 2 aromatic carbocycles. The number of rotatable bonds is 1. The first-order valence-electron chi connectivity index (χ1n) is 10.1. The lowest BCUT2D eigenvalue weighted by Crippen LogP contribution is -2.25. The van der Waals surface area contributed by atoms with Crippen LogP contribution in [0.1, 0.15) is 51.3 Å². The van der Waals surface area contributed by atoms with Crippen molar-refractivity contribution in [2.24, 2.45) is 5.41 Å². The summed E-state index contributed by atoms with van der Waals surface area (Å²) in [5, 5.41) is 3.78. The number of nitrogens with zero attached hydrogens (tertiary/aromatic N) is 2. The molecular formula is C26H26N2. The predicted molar refractivity (Wildman–Crippen MR) is 118 cm³/mol. The summed E-state index contributed by atoms with van der Waals surface area (Å²) in [6.45, 7) is 11.6. The molecule has 0 spiro atoms. The van der Waals surface area contributed by atoms with Gasteiger partial charge in [0.2, 0.25) is 0 Å². The normalized spacial score (nSPS) is 15.0. The number of aromatic nitrogens is 2. The Balaban J connectivity index is 1.90. The smallest absolute Gasteiger partial charge is 0.0787 e. The minimum Gasteiger partial charge on any atom is -0.256 e. The number of pyridine rings is 2. The monoisotopic (exact) mass is 366 g/mol. The Bertz CT molecular complexity index is 1240. The summed E-state index contributed by atoms with van der Waals surface area (Å²) in [5.74, 6) is 0. The Kier molecular flexibility index (Phi) is 3.49. The van der Waals surface area contributed by atoms with E-state index in [0.717, 1.165) is 17.6 Å². The first kappa shape index (κ1) is 17.4. The minimum atomic E-state index is -0.134. The van der Waals surface area contributed by atoms with Crippen LogP contribution in [0.15, 0.2) is 54.9 Å². The maximum Gasteiger partial charge on any atom is 0.0787 e. The first-order valence-corrected chi connectivity index (χ1v) is 10.1. The third-order valence-electron chi connectivity index (χ3n) is 5.99. The lowest BCUT2D eigenvalue weighted by molar-refractivity contribution is 0.411. The van der Waals surface area contributed by atoms with Gasteiger partial charge in [0.05, 0.1) is 11.2 Å². The third-order valence-corrected chi connectivity index (χ3v) is 5.99. The van der Waals surface area contributed by atoms with Crippen LogP contribution in [0.25, 0.3) is 32.9 Å². The molecule has 2 heterocycles. The fourth-order valence-electron chi connectivity index (χ4n) is 4.90. The fourth-order valence-corrected chi connectivity index (χ4v) is 4.90. The van der Waals surface area contributed by atoms with Gasteiger partial charge in [0, 0.05) is 34.1 Å². The van der Waals surface area contributed by atoms with Gasteiger partial charge >= 0.3 is 0 Å². The molecule has 1 aliphatic carbocycles. The maximum absolute atomic E-state index is 4.83. The zero-order valence-electron chi connectivity index (χ0n) is 17.3. The van der Waals surface area contributed by atoms with E-state index >= 15 is 0 Å². The van der Waals surface area contributed by atoms with Crippen molar-refractivity contribution in [1.82, 2.24) is 9.97 Å². The van der Waals surface area contributed by atoms with Gasteiger partial charge in [-0.3, -0.25) is 9.97 Å². The fraction of sp³-hybridized carbons (Fsp3) is 0.308. The molecule has 0 amide bonds. The van der Waals surface area contributed by atoms with Gasteiger partial charge in [-0.15, -0.1) is 0 Å². The number of hydrogen-bond donors (Lipinski definition) is 0. The van der Waals surface area contributed by atoms with Gasteiger partial charge in [0.25, 0.3) is 0 Å². The second-order valence-corrected chi connectivity index (χ2v) is 9.83. The van der Waals surface area contributed by atoms with E-state index in [1.165, 1.54) is 38.4 Å². The topological polar surface area (TPSA) is 25.8 Å². The molecule has 28 heavy (non-hydrogen) atoms. The van der Waals surface area contributed by atoms with Crippen LogP contribution in [0.4, 0.5) is 0 Å². The van der Waals surface area contributed by atoms with Gasteiger partial charge in [-0.05, 0) is 46.0 Å². The molecule has 0 radical (unpaired) electrons. The molecule has 0 saturated heterocycles. The van der Waals surface area contributed by atoms with Gasteiger partial charge in [0.15, 0.2) is 0 Å². The van der Waals surface area contributed by atoms with E-state index in [1.807, 2.05) is 18.5 Å². The van der Waals surface area contributed by atoms with Crippen molar-refractivity contribution in [3.63, 3.8) is 0 Å². The van der Waals surface area contributed by atoms with E-state index in [-0.39, 0.29) is 10.8 Å². The van der Waals surface area contributed by atoms with Crippen LogP contribution in [0.2, 0.25) is 0 Å². The largest absolute Gasteiger partial charge is 0.256 e. The van der Waals surface area contributed by atoms with Crippen LogP contribution < -0.4 is 0 Å². The van der Waals surface area contributed by atoms with Gasteiger partial charge in [0.1, 0.15) is 0 Å². The van der Waals surface area contributed by atoms with Gasteiger partial charge in [-0.2, -0.15) is 0 Å². The summed E-state index contributed by atoms with van der Waals surface area (Å²) in [6, 6.07) is 15.5. The number of hydrogen-bond acceptors (Lipinski definition) is 2. The van der Waals surface area contributed by atoms with Crippen LogP contribution in [0, 0.1) is 5.41 Å². The number of benzene rings is 2. The quantitative estimate of drug-likeness (QED) is 0.375. The second-order valence-electron chi connectivity index (χ2n) is 9.83. The molecule has 0 aliphatic heterocycles. The highest BCUT2D eigenvalue weighted by Gasteiger charge is 2.36. The molecule has 0 saturated carbocycles. The van der Waals surface area contributed by atoms with Crippen molar-refractivity contribution < 1.29 is 0 Å². The molecule has 0 atom stereocenters. The van der Waals surface area contributed by atoms with Gasteiger partial charge < -0.3 is 0 Å². The molecule has 0 N–H and O–H groups in total. The van der Waals surface area contributed by atoms with Crippen molar-refractivity contribution in [2.75, 3.05) is 0 Å². The molecule has 0 bridgehead atoms. The van der Waals surface area contributed by atoms with Crippen molar-refractivity contribution in [3.05, 3.63) is 71.5 Å². The Hall–Kier alpha value is -2.74. The molecular weight excluding hydrogens is 340 g/mol. The van der Waals surface area contributed by atoms with Crippen molar-refractivity contribution in [1.29, 1.82) is 0 Å². The summed E-state index contributed by atoms with van der Waals surface area (Å²) in [7, 11) is 0. The number of fused-ring (bicyclic) bond motifs is 4. The van der Waals surface area contributed by atoms with Gasteiger partial charge in [-0.25, -0.2) is 0 Å². The highest BCUT2D eigenvalue weighted by molar-refractivity contribution is 6.05. The van der Waals surface area contributed by atoms with Gasteiger partial charge in [-0.1, -0.05) is 65.0 Å². The summed E-state index contributed by atoms with van der Waals surface area (Å²) in [6.07, 6.45) is 4.91. The van der Waals surface area contributed by atoms with E-state index in [9.17, 15) is 0 Å². The Morgan fingerprint density at radius 1 is 0.893 bits per heavy atom.